The number of rotatable bonds is 1. The molecule has 2 nitrogen and oxygen atoms in total. The van der Waals surface area contributed by atoms with Crippen molar-refractivity contribution in [1.82, 2.24) is 9.38 Å². The molecule has 0 N–H and O–H groups in total. The van der Waals surface area contributed by atoms with Crippen molar-refractivity contribution in [2.75, 3.05) is 0 Å². The van der Waals surface area contributed by atoms with Crippen LogP contribution in [0, 0.1) is 18.6 Å². The minimum atomic E-state index is -0.598. The quantitative estimate of drug-likeness (QED) is 0.639. The minimum Gasteiger partial charge on any atom is -0.306 e. The highest BCUT2D eigenvalue weighted by atomic mass is 19.1. The summed E-state index contributed by atoms with van der Waals surface area (Å²) < 4.78 is 28.2. The summed E-state index contributed by atoms with van der Waals surface area (Å²) in [7, 11) is 0. The maximum absolute atomic E-state index is 13.2. The molecule has 0 aliphatic rings. The molecule has 0 saturated heterocycles. The molecule has 3 rings (SSSR count). The van der Waals surface area contributed by atoms with E-state index in [0.717, 1.165) is 17.3 Å². The molecule has 0 aliphatic carbocycles. The number of nitrogens with zero attached hydrogens (tertiary/aromatic N) is 2. The van der Waals surface area contributed by atoms with E-state index in [1.54, 1.807) is 6.20 Å². The van der Waals surface area contributed by atoms with E-state index in [1.165, 1.54) is 12.1 Å². The Morgan fingerprint density at radius 2 is 1.83 bits per heavy atom. The standard InChI is InChI=1S/C14H10F2N2/c1-9-3-2-4-18-8-13(17-14(9)18)10-5-11(15)7-12(16)6-10/h2-8H,1H3. The lowest BCUT2D eigenvalue weighted by molar-refractivity contribution is 0.584. The van der Waals surface area contributed by atoms with Crippen LogP contribution in [0.1, 0.15) is 5.56 Å². The van der Waals surface area contributed by atoms with Crippen LogP contribution in [0.15, 0.2) is 42.7 Å². The van der Waals surface area contributed by atoms with Crippen molar-refractivity contribution in [1.29, 1.82) is 0 Å². The van der Waals surface area contributed by atoms with Crippen molar-refractivity contribution in [2.24, 2.45) is 0 Å². The second-order valence-corrected chi connectivity index (χ2v) is 4.21. The fraction of sp³-hybridized carbons (Fsp3) is 0.0714. The van der Waals surface area contributed by atoms with Crippen molar-refractivity contribution in [3.8, 4) is 11.3 Å². The monoisotopic (exact) mass is 244 g/mol. The maximum Gasteiger partial charge on any atom is 0.140 e. The summed E-state index contributed by atoms with van der Waals surface area (Å²) in [4.78, 5) is 4.39. The van der Waals surface area contributed by atoms with E-state index < -0.39 is 11.6 Å². The Morgan fingerprint density at radius 1 is 1.11 bits per heavy atom. The van der Waals surface area contributed by atoms with Crippen LogP contribution in [-0.4, -0.2) is 9.38 Å². The van der Waals surface area contributed by atoms with Gasteiger partial charge in [-0.15, -0.1) is 0 Å². The third-order valence-corrected chi connectivity index (χ3v) is 2.84. The smallest absolute Gasteiger partial charge is 0.140 e. The number of hydrogen-bond donors (Lipinski definition) is 0. The first kappa shape index (κ1) is 10.9. The summed E-state index contributed by atoms with van der Waals surface area (Å²) in [6.07, 6.45) is 3.62. The van der Waals surface area contributed by atoms with Crippen LogP contribution in [0.25, 0.3) is 16.9 Å². The number of halogens is 2. The number of hydrogen-bond acceptors (Lipinski definition) is 1. The number of aromatic nitrogens is 2. The van der Waals surface area contributed by atoms with E-state index in [2.05, 4.69) is 4.98 Å². The molecule has 0 atom stereocenters. The molecular weight excluding hydrogens is 234 g/mol. The topological polar surface area (TPSA) is 17.3 Å². The van der Waals surface area contributed by atoms with Gasteiger partial charge in [-0.3, -0.25) is 0 Å². The molecule has 1 aromatic carbocycles. The predicted molar refractivity (Wildman–Crippen MR) is 65.3 cm³/mol. The largest absolute Gasteiger partial charge is 0.306 e. The van der Waals surface area contributed by atoms with Crippen LogP contribution >= 0.6 is 0 Å². The number of benzene rings is 1. The highest BCUT2D eigenvalue weighted by molar-refractivity contribution is 5.64. The van der Waals surface area contributed by atoms with Crippen LogP contribution in [-0.2, 0) is 0 Å². The van der Waals surface area contributed by atoms with Gasteiger partial charge in [0.2, 0.25) is 0 Å². The first-order valence-electron chi connectivity index (χ1n) is 5.54. The summed E-state index contributed by atoms with van der Waals surface area (Å²) in [5, 5.41) is 0. The van der Waals surface area contributed by atoms with Crippen LogP contribution in [0.4, 0.5) is 8.78 Å². The Morgan fingerprint density at radius 3 is 2.50 bits per heavy atom. The molecule has 0 spiro atoms. The Kier molecular flexibility index (Phi) is 2.37. The molecular formula is C14H10F2N2. The molecule has 2 aromatic heterocycles. The molecule has 2 heterocycles. The lowest BCUT2D eigenvalue weighted by Crippen LogP contribution is -1.84. The number of aryl methyl sites for hydroxylation is 1. The van der Waals surface area contributed by atoms with Gasteiger partial charge in [-0.2, -0.15) is 0 Å². The second kappa shape index (κ2) is 3.91. The number of fused-ring (bicyclic) bond motifs is 1. The van der Waals surface area contributed by atoms with Gasteiger partial charge in [0.1, 0.15) is 17.3 Å². The molecule has 4 heteroatoms. The molecule has 0 aliphatic heterocycles. The first-order chi connectivity index (χ1) is 8.63. The zero-order chi connectivity index (χ0) is 12.7. The van der Waals surface area contributed by atoms with Gasteiger partial charge in [0.15, 0.2) is 0 Å². The van der Waals surface area contributed by atoms with Gasteiger partial charge in [0.25, 0.3) is 0 Å². The Hall–Kier alpha value is -2.23. The van der Waals surface area contributed by atoms with Gasteiger partial charge < -0.3 is 4.40 Å². The highest BCUT2D eigenvalue weighted by Gasteiger charge is 2.08. The van der Waals surface area contributed by atoms with Crippen molar-refractivity contribution in [3.05, 3.63) is 59.9 Å². The van der Waals surface area contributed by atoms with Gasteiger partial charge in [-0.05, 0) is 30.7 Å². The summed E-state index contributed by atoms with van der Waals surface area (Å²) in [6, 6.07) is 7.25. The molecule has 90 valence electrons. The lowest BCUT2D eigenvalue weighted by atomic mass is 10.1. The second-order valence-electron chi connectivity index (χ2n) is 4.21. The van der Waals surface area contributed by atoms with Gasteiger partial charge in [-0.1, -0.05) is 6.07 Å². The third kappa shape index (κ3) is 1.76. The Labute approximate surface area is 103 Å². The number of pyridine rings is 1. The summed E-state index contributed by atoms with van der Waals surface area (Å²) in [6.45, 7) is 1.94. The lowest BCUT2D eigenvalue weighted by Gasteiger charge is -1.97. The SMILES string of the molecule is Cc1cccn2cc(-c3cc(F)cc(F)c3)nc12. The molecule has 0 radical (unpaired) electrons. The van der Waals surface area contributed by atoms with Crippen LogP contribution in [0.3, 0.4) is 0 Å². The van der Waals surface area contributed by atoms with Crippen LogP contribution in [0.2, 0.25) is 0 Å². The van der Waals surface area contributed by atoms with Gasteiger partial charge >= 0.3 is 0 Å². The van der Waals surface area contributed by atoms with Crippen molar-refractivity contribution >= 4 is 5.65 Å². The van der Waals surface area contributed by atoms with E-state index in [-0.39, 0.29) is 0 Å². The van der Waals surface area contributed by atoms with Crippen molar-refractivity contribution in [3.63, 3.8) is 0 Å². The first-order valence-corrected chi connectivity index (χ1v) is 5.54. The van der Waals surface area contributed by atoms with Gasteiger partial charge in [0, 0.05) is 24.0 Å². The zero-order valence-corrected chi connectivity index (χ0v) is 9.69. The summed E-state index contributed by atoms with van der Waals surface area (Å²) >= 11 is 0. The molecule has 18 heavy (non-hydrogen) atoms. The molecule has 0 amide bonds. The van der Waals surface area contributed by atoms with E-state index in [1.807, 2.05) is 29.7 Å². The van der Waals surface area contributed by atoms with E-state index in [9.17, 15) is 8.78 Å². The Bertz CT molecular complexity index is 711. The van der Waals surface area contributed by atoms with Crippen LogP contribution in [0.5, 0.6) is 0 Å². The van der Waals surface area contributed by atoms with E-state index in [0.29, 0.717) is 11.3 Å². The fourth-order valence-corrected chi connectivity index (χ4v) is 1.99. The molecule has 0 saturated carbocycles. The normalized spacial score (nSPS) is 11.1. The van der Waals surface area contributed by atoms with E-state index >= 15 is 0 Å². The molecule has 3 aromatic rings. The molecule has 0 unspecified atom stereocenters. The molecule has 0 fully saturated rings. The minimum absolute atomic E-state index is 0.440. The van der Waals surface area contributed by atoms with Gasteiger partial charge in [-0.25, -0.2) is 13.8 Å². The average molecular weight is 244 g/mol. The Balaban J connectivity index is 2.22. The third-order valence-electron chi connectivity index (χ3n) is 2.84. The predicted octanol–water partition coefficient (Wildman–Crippen LogP) is 3.59. The molecule has 0 bridgehead atoms. The van der Waals surface area contributed by atoms with Gasteiger partial charge in [0.05, 0.1) is 5.69 Å². The summed E-state index contributed by atoms with van der Waals surface area (Å²) in [5.41, 5.74) is 2.80. The zero-order valence-electron chi connectivity index (χ0n) is 9.69. The van der Waals surface area contributed by atoms with Crippen molar-refractivity contribution in [2.45, 2.75) is 6.92 Å². The number of imidazole rings is 1. The van der Waals surface area contributed by atoms with Crippen molar-refractivity contribution < 1.29 is 8.78 Å². The average Bonchev–Trinajstić information content (AvgIpc) is 2.73. The summed E-state index contributed by atoms with van der Waals surface area (Å²) in [5.74, 6) is -1.20. The van der Waals surface area contributed by atoms with E-state index in [4.69, 9.17) is 0 Å². The van der Waals surface area contributed by atoms with Crippen LogP contribution < -0.4 is 0 Å². The fourth-order valence-electron chi connectivity index (χ4n) is 1.99. The maximum atomic E-state index is 13.2. The highest BCUT2D eigenvalue weighted by Crippen LogP contribution is 2.22.